The van der Waals surface area contributed by atoms with Gasteiger partial charge >= 0.3 is 0 Å². The van der Waals surface area contributed by atoms with Crippen molar-refractivity contribution < 1.29 is 17.9 Å². The van der Waals surface area contributed by atoms with E-state index in [1.54, 1.807) is 36.7 Å². The molecule has 3 aromatic rings. The van der Waals surface area contributed by atoms with E-state index >= 15 is 0 Å². The Morgan fingerprint density at radius 1 is 1.06 bits per heavy atom. The molecule has 0 amide bonds. The van der Waals surface area contributed by atoms with Crippen molar-refractivity contribution in [3.63, 3.8) is 0 Å². The van der Waals surface area contributed by atoms with Gasteiger partial charge < -0.3 is 14.8 Å². The van der Waals surface area contributed by atoms with Crippen molar-refractivity contribution in [2.45, 2.75) is 56.3 Å². The molecule has 2 fully saturated rings. The summed E-state index contributed by atoms with van der Waals surface area (Å²) in [6.07, 6.45) is 12.6. The molecule has 7 nitrogen and oxygen atoms in total. The fourth-order valence-corrected chi connectivity index (χ4v) is 5.81. The van der Waals surface area contributed by atoms with E-state index in [9.17, 15) is 8.42 Å². The van der Waals surface area contributed by atoms with Gasteiger partial charge in [0.15, 0.2) is 11.9 Å². The zero-order valence-corrected chi connectivity index (χ0v) is 19.6. The number of pyridine rings is 1. The van der Waals surface area contributed by atoms with Crippen LogP contribution in [0, 0.1) is 6.92 Å². The van der Waals surface area contributed by atoms with E-state index in [0.717, 1.165) is 35.0 Å². The zero-order valence-electron chi connectivity index (χ0n) is 18.7. The van der Waals surface area contributed by atoms with Crippen LogP contribution in [0.4, 0.5) is 5.69 Å². The van der Waals surface area contributed by atoms with Gasteiger partial charge in [-0.3, -0.25) is 0 Å². The Balaban J connectivity index is 1.57. The molecule has 2 aliphatic rings. The van der Waals surface area contributed by atoms with Crippen molar-refractivity contribution in [2.24, 2.45) is 0 Å². The number of nitrogens with zero attached hydrogens (tertiary/aromatic N) is 2. The molecule has 2 aromatic heterocycles. The van der Waals surface area contributed by atoms with Gasteiger partial charge in [-0.15, -0.1) is 0 Å². The minimum atomic E-state index is -3.76. The predicted molar refractivity (Wildman–Crippen MR) is 129 cm³/mol. The molecule has 0 unspecified atom stereocenters. The van der Waals surface area contributed by atoms with Gasteiger partial charge in [0.1, 0.15) is 0 Å². The lowest BCUT2D eigenvalue weighted by Crippen LogP contribution is -2.23. The Labute approximate surface area is 194 Å². The average molecular weight is 468 g/mol. The number of aromatic nitrogens is 2. The number of hydrogen-bond acceptors (Lipinski definition) is 6. The van der Waals surface area contributed by atoms with Crippen molar-refractivity contribution in [1.82, 2.24) is 8.96 Å². The minimum Gasteiger partial charge on any atom is -0.381 e. The van der Waals surface area contributed by atoms with Crippen LogP contribution >= 0.6 is 0 Å². The molecule has 0 radical (unpaired) electrons. The molecule has 1 saturated carbocycles. The highest BCUT2D eigenvalue weighted by Gasteiger charge is 2.23. The summed E-state index contributed by atoms with van der Waals surface area (Å²) in [5.41, 5.74) is 3.21. The smallest absolute Gasteiger partial charge is 0.269 e. The molecule has 33 heavy (non-hydrogen) atoms. The molecule has 1 saturated heterocycles. The summed E-state index contributed by atoms with van der Waals surface area (Å²) in [4.78, 5) is 4.80. The molecule has 1 aromatic carbocycles. The van der Waals surface area contributed by atoms with Gasteiger partial charge in [0, 0.05) is 29.4 Å². The van der Waals surface area contributed by atoms with E-state index in [-0.39, 0.29) is 11.2 Å². The Hall–Kier alpha value is -2.68. The number of nitrogens with one attached hydrogen (secondary N) is 1. The van der Waals surface area contributed by atoms with Crippen LogP contribution in [0.3, 0.4) is 0 Å². The second-order valence-corrected chi connectivity index (χ2v) is 10.5. The average Bonchev–Trinajstić information content (AvgIpc) is 3.50. The summed E-state index contributed by atoms with van der Waals surface area (Å²) < 4.78 is 39.0. The maximum atomic E-state index is 13.4. The molecular weight excluding hydrogens is 438 g/mol. The molecule has 0 atom stereocenters. The van der Waals surface area contributed by atoms with E-state index in [0.29, 0.717) is 24.9 Å². The first kappa shape index (κ1) is 22.1. The van der Waals surface area contributed by atoms with Crippen LogP contribution in [0.1, 0.15) is 43.2 Å². The lowest BCUT2D eigenvalue weighted by molar-refractivity contribution is -0.000907. The van der Waals surface area contributed by atoms with Crippen molar-refractivity contribution in [2.75, 3.05) is 18.5 Å². The molecule has 0 spiro atoms. The summed E-state index contributed by atoms with van der Waals surface area (Å²) in [6.45, 7) is 3.10. The highest BCUT2D eigenvalue weighted by molar-refractivity contribution is 7.90. The maximum absolute atomic E-state index is 13.4. The SMILES string of the molecule is Cc1ccc(S(=O)(=O)n2ccc3c(NC4CCCCC4)c(/C=C\C4OCCO4)cnc32)cc1. The van der Waals surface area contributed by atoms with E-state index in [2.05, 4.69) is 10.3 Å². The van der Waals surface area contributed by atoms with Gasteiger partial charge in [-0.1, -0.05) is 43.0 Å². The van der Waals surface area contributed by atoms with Gasteiger partial charge in [0.2, 0.25) is 0 Å². The third kappa shape index (κ3) is 4.55. The van der Waals surface area contributed by atoms with Gasteiger partial charge in [0.05, 0.1) is 23.8 Å². The molecule has 0 bridgehead atoms. The molecular formula is C25H29N3O4S. The topological polar surface area (TPSA) is 82.5 Å². The largest absolute Gasteiger partial charge is 0.381 e. The van der Waals surface area contributed by atoms with Crippen LogP contribution in [0.5, 0.6) is 0 Å². The van der Waals surface area contributed by atoms with Crippen LogP contribution in [-0.2, 0) is 19.5 Å². The Kier molecular flexibility index (Phi) is 6.23. The standard InChI is InChI=1S/C25H29N3O4S/c1-18-7-10-21(11-8-18)33(29,30)28-14-13-22-24(27-20-5-3-2-4-6-20)19(17-26-25(22)28)9-12-23-31-15-16-32-23/h7-14,17,20,23H,2-6,15-16H2,1H3,(H,26,27)/b12-9-. The Morgan fingerprint density at radius 2 is 1.79 bits per heavy atom. The molecule has 3 heterocycles. The number of aryl methyl sites for hydroxylation is 1. The van der Waals surface area contributed by atoms with E-state index in [1.165, 1.54) is 23.2 Å². The normalized spacial score (nSPS) is 18.5. The highest BCUT2D eigenvalue weighted by atomic mass is 32.2. The number of anilines is 1. The maximum Gasteiger partial charge on any atom is 0.269 e. The third-order valence-electron chi connectivity index (χ3n) is 6.32. The lowest BCUT2D eigenvalue weighted by Gasteiger charge is -2.25. The highest BCUT2D eigenvalue weighted by Crippen LogP contribution is 2.33. The minimum absolute atomic E-state index is 0.244. The van der Waals surface area contributed by atoms with Crippen molar-refractivity contribution in [3.05, 3.63) is 59.9 Å². The molecule has 5 rings (SSSR count). The summed E-state index contributed by atoms with van der Waals surface area (Å²) in [6, 6.07) is 9.06. The Bertz CT molecular complexity index is 1250. The van der Waals surface area contributed by atoms with Gasteiger partial charge in [0.25, 0.3) is 10.0 Å². The third-order valence-corrected chi connectivity index (χ3v) is 8.00. The van der Waals surface area contributed by atoms with Crippen molar-refractivity contribution >= 4 is 32.8 Å². The van der Waals surface area contributed by atoms with Gasteiger partial charge in [-0.05, 0) is 44.0 Å². The fraction of sp³-hybridized carbons (Fsp3) is 0.400. The molecule has 1 aliphatic heterocycles. The summed E-state index contributed by atoms with van der Waals surface area (Å²) >= 11 is 0. The number of fused-ring (bicyclic) bond motifs is 1. The first-order valence-electron chi connectivity index (χ1n) is 11.5. The predicted octanol–water partition coefficient (Wildman–Crippen LogP) is 4.71. The van der Waals surface area contributed by atoms with Crippen LogP contribution in [0.25, 0.3) is 17.1 Å². The van der Waals surface area contributed by atoms with Crippen LogP contribution < -0.4 is 5.32 Å². The number of hydrogen-bond donors (Lipinski definition) is 1. The first-order valence-corrected chi connectivity index (χ1v) is 13.0. The van der Waals surface area contributed by atoms with Crippen LogP contribution in [-0.4, -0.2) is 42.9 Å². The monoisotopic (exact) mass is 467 g/mol. The lowest BCUT2D eigenvalue weighted by atomic mass is 9.95. The number of rotatable bonds is 6. The van der Waals surface area contributed by atoms with Gasteiger partial charge in [-0.25, -0.2) is 17.4 Å². The molecule has 174 valence electrons. The van der Waals surface area contributed by atoms with Crippen LogP contribution in [0.2, 0.25) is 0 Å². The quantitative estimate of drug-likeness (QED) is 0.565. The number of benzene rings is 1. The molecule has 8 heteroatoms. The second-order valence-electron chi connectivity index (χ2n) is 8.70. The van der Waals surface area contributed by atoms with Crippen molar-refractivity contribution in [3.8, 4) is 0 Å². The molecule has 1 N–H and O–H groups in total. The van der Waals surface area contributed by atoms with E-state index < -0.39 is 10.0 Å². The summed E-state index contributed by atoms with van der Waals surface area (Å²) in [5.74, 6) is 0. The zero-order chi connectivity index (χ0) is 22.8. The second kappa shape index (κ2) is 9.29. The molecule has 1 aliphatic carbocycles. The van der Waals surface area contributed by atoms with Crippen LogP contribution in [0.15, 0.2) is 53.7 Å². The van der Waals surface area contributed by atoms with Gasteiger partial charge in [-0.2, -0.15) is 0 Å². The number of ether oxygens (including phenoxy) is 2. The van der Waals surface area contributed by atoms with Crippen molar-refractivity contribution in [1.29, 1.82) is 0 Å². The summed E-state index contributed by atoms with van der Waals surface area (Å²) in [5, 5.41) is 4.48. The van der Waals surface area contributed by atoms with E-state index in [4.69, 9.17) is 9.47 Å². The fourth-order valence-electron chi connectivity index (χ4n) is 4.50. The first-order chi connectivity index (χ1) is 16.0. The summed E-state index contributed by atoms with van der Waals surface area (Å²) in [7, 11) is -3.76. The Morgan fingerprint density at radius 3 is 2.52 bits per heavy atom. The van der Waals surface area contributed by atoms with E-state index in [1.807, 2.05) is 25.1 Å².